The van der Waals surface area contributed by atoms with E-state index < -0.39 is 0 Å². The second kappa shape index (κ2) is 5.31. The summed E-state index contributed by atoms with van der Waals surface area (Å²) in [5.41, 5.74) is 1.78. The molecule has 0 saturated heterocycles. The maximum atomic E-state index is 6.24. The minimum Gasteiger partial charge on any atom is -0.419 e. The van der Waals surface area contributed by atoms with Crippen LogP contribution in [0, 0.1) is 6.92 Å². The van der Waals surface area contributed by atoms with Crippen LogP contribution in [0.15, 0.2) is 22.6 Å². The van der Waals surface area contributed by atoms with Crippen LogP contribution in [0.5, 0.6) is 0 Å². The highest BCUT2D eigenvalue weighted by atomic mass is 35.5. The molecule has 4 nitrogen and oxygen atoms in total. The SMILES string of the molecule is Cc1cccc(-c2nnc(CNC(C)(C)C)o2)c1Cl. The molecule has 0 unspecified atom stereocenters. The predicted molar refractivity (Wildman–Crippen MR) is 76.1 cm³/mol. The van der Waals surface area contributed by atoms with Gasteiger partial charge in [-0.2, -0.15) is 0 Å². The number of hydrogen-bond acceptors (Lipinski definition) is 4. The first-order chi connectivity index (χ1) is 8.87. The maximum Gasteiger partial charge on any atom is 0.249 e. The number of rotatable bonds is 3. The predicted octanol–water partition coefficient (Wildman–Crippen LogP) is 3.59. The number of benzene rings is 1. The van der Waals surface area contributed by atoms with Gasteiger partial charge in [0.15, 0.2) is 0 Å². The van der Waals surface area contributed by atoms with Crippen LogP contribution >= 0.6 is 11.6 Å². The summed E-state index contributed by atoms with van der Waals surface area (Å²) in [5, 5.41) is 12.0. The largest absolute Gasteiger partial charge is 0.419 e. The standard InChI is InChI=1S/C14H18ClN3O/c1-9-6-5-7-10(12(9)15)13-18-17-11(19-13)8-16-14(2,3)4/h5-7,16H,8H2,1-4H3. The van der Waals surface area contributed by atoms with E-state index in [-0.39, 0.29) is 5.54 Å². The summed E-state index contributed by atoms with van der Waals surface area (Å²) in [5.74, 6) is 1.02. The lowest BCUT2D eigenvalue weighted by atomic mass is 10.1. The lowest BCUT2D eigenvalue weighted by Crippen LogP contribution is -2.35. The third kappa shape index (κ3) is 3.55. The van der Waals surface area contributed by atoms with E-state index in [2.05, 4.69) is 36.3 Å². The first-order valence-corrected chi connectivity index (χ1v) is 6.57. The van der Waals surface area contributed by atoms with Crippen molar-refractivity contribution in [2.45, 2.75) is 39.8 Å². The molecule has 0 saturated carbocycles. The van der Waals surface area contributed by atoms with Crippen LogP contribution in [0.4, 0.5) is 0 Å². The molecule has 0 spiro atoms. The zero-order chi connectivity index (χ0) is 14.0. The van der Waals surface area contributed by atoms with E-state index in [1.54, 1.807) is 0 Å². The first kappa shape index (κ1) is 14.0. The van der Waals surface area contributed by atoms with Crippen LogP contribution in [0.3, 0.4) is 0 Å². The second-order valence-electron chi connectivity index (χ2n) is 5.54. The van der Waals surface area contributed by atoms with Gasteiger partial charge in [-0.15, -0.1) is 10.2 Å². The van der Waals surface area contributed by atoms with Crippen LogP contribution in [-0.2, 0) is 6.54 Å². The second-order valence-corrected chi connectivity index (χ2v) is 5.92. The molecule has 2 aromatic rings. The molecule has 19 heavy (non-hydrogen) atoms. The van der Waals surface area contributed by atoms with Crippen molar-refractivity contribution in [1.82, 2.24) is 15.5 Å². The third-order valence-electron chi connectivity index (χ3n) is 2.66. The Morgan fingerprint density at radius 2 is 2.00 bits per heavy atom. The van der Waals surface area contributed by atoms with E-state index in [1.807, 2.05) is 25.1 Å². The number of halogens is 1. The molecule has 1 aromatic carbocycles. The van der Waals surface area contributed by atoms with E-state index >= 15 is 0 Å². The van der Waals surface area contributed by atoms with Crippen molar-refractivity contribution < 1.29 is 4.42 Å². The van der Waals surface area contributed by atoms with Crippen molar-refractivity contribution in [3.8, 4) is 11.5 Å². The van der Waals surface area contributed by atoms with Gasteiger partial charge in [0.1, 0.15) is 0 Å². The smallest absolute Gasteiger partial charge is 0.249 e. The van der Waals surface area contributed by atoms with Gasteiger partial charge in [-0.1, -0.05) is 23.7 Å². The Kier molecular flexibility index (Phi) is 3.92. The Labute approximate surface area is 118 Å². The van der Waals surface area contributed by atoms with Crippen molar-refractivity contribution in [1.29, 1.82) is 0 Å². The minimum atomic E-state index is 0.00954. The van der Waals surface area contributed by atoms with Gasteiger partial charge < -0.3 is 9.73 Å². The summed E-state index contributed by atoms with van der Waals surface area (Å²) in [7, 11) is 0. The first-order valence-electron chi connectivity index (χ1n) is 6.20. The summed E-state index contributed by atoms with van der Waals surface area (Å²) >= 11 is 6.24. The Morgan fingerprint density at radius 1 is 1.26 bits per heavy atom. The van der Waals surface area contributed by atoms with Crippen LogP contribution in [0.25, 0.3) is 11.5 Å². The highest BCUT2D eigenvalue weighted by Gasteiger charge is 2.15. The van der Waals surface area contributed by atoms with Gasteiger partial charge in [-0.05, 0) is 39.3 Å². The summed E-state index contributed by atoms with van der Waals surface area (Å²) in [4.78, 5) is 0. The van der Waals surface area contributed by atoms with Crippen molar-refractivity contribution in [3.05, 3.63) is 34.7 Å². The molecule has 0 aliphatic carbocycles. The van der Waals surface area contributed by atoms with Crippen LogP contribution < -0.4 is 5.32 Å². The highest BCUT2D eigenvalue weighted by molar-refractivity contribution is 6.33. The zero-order valence-corrected chi connectivity index (χ0v) is 12.4. The molecule has 102 valence electrons. The Balaban J connectivity index is 2.19. The average molecular weight is 280 g/mol. The van der Waals surface area contributed by atoms with E-state index in [1.165, 1.54) is 0 Å². The molecule has 0 atom stereocenters. The average Bonchev–Trinajstić information content (AvgIpc) is 2.78. The van der Waals surface area contributed by atoms with Crippen LogP contribution in [0.2, 0.25) is 5.02 Å². The van der Waals surface area contributed by atoms with E-state index in [0.717, 1.165) is 11.1 Å². The molecule has 1 heterocycles. The lowest BCUT2D eigenvalue weighted by molar-refractivity contribution is 0.383. The zero-order valence-electron chi connectivity index (χ0n) is 11.6. The molecule has 0 aliphatic heterocycles. The number of nitrogens with one attached hydrogen (secondary N) is 1. The van der Waals surface area contributed by atoms with Crippen molar-refractivity contribution in [3.63, 3.8) is 0 Å². The summed E-state index contributed by atoms with van der Waals surface area (Å²) in [6.45, 7) is 8.75. The van der Waals surface area contributed by atoms with Crippen molar-refractivity contribution in [2.75, 3.05) is 0 Å². The maximum absolute atomic E-state index is 6.24. The Bertz CT molecular complexity index is 572. The summed E-state index contributed by atoms with van der Waals surface area (Å²) in [6, 6.07) is 5.75. The molecule has 1 N–H and O–H groups in total. The Morgan fingerprint density at radius 3 is 2.68 bits per heavy atom. The molecule has 0 amide bonds. The molecule has 2 rings (SSSR count). The normalized spacial score (nSPS) is 11.8. The van der Waals surface area contributed by atoms with E-state index in [0.29, 0.717) is 23.3 Å². The molecular formula is C14H18ClN3O. The highest BCUT2D eigenvalue weighted by Crippen LogP contribution is 2.29. The fourth-order valence-electron chi connectivity index (χ4n) is 1.59. The number of hydrogen-bond donors (Lipinski definition) is 1. The van der Waals surface area contributed by atoms with E-state index in [4.69, 9.17) is 16.0 Å². The Hall–Kier alpha value is -1.39. The van der Waals surface area contributed by atoms with Gasteiger partial charge in [-0.3, -0.25) is 0 Å². The van der Waals surface area contributed by atoms with Gasteiger partial charge in [0.05, 0.1) is 17.1 Å². The monoisotopic (exact) mass is 279 g/mol. The summed E-state index contributed by atoms with van der Waals surface area (Å²) < 4.78 is 5.63. The van der Waals surface area contributed by atoms with Gasteiger partial charge in [-0.25, -0.2) is 0 Å². The van der Waals surface area contributed by atoms with Gasteiger partial charge in [0.25, 0.3) is 0 Å². The fraction of sp³-hybridized carbons (Fsp3) is 0.429. The van der Waals surface area contributed by atoms with Crippen molar-refractivity contribution in [2.24, 2.45) is 0 Å². The van der Waals surface area contributed by atoms with E-state index in [9.17, 15) is 0 Å². The molecule has 0 radical (unpaired) electrons. The summed E-state index contributed by atoms with van der Waals surface area (Å²) in [6.07, 6.45) is 0. The molecule has 0 aliphatic rings. The van der Waals surface area contributed by atoms with Crippen LogP contribution in [-0.4, -0.2) is 15.7 Å². The molecule has 1 aromatic heterocycles. The van der Waals surface area contributed by atoms with Gasteiger partial charge in [0.2, 0.25) is 11.8 Å². The third-order valence-corrected chi connectivity index (χ3v) is 3.16. The van der Waals surface area contributed by atoms with Gasteiger partial charge >= 0.3 is 0 Å². The number of aromatic nitrogens is 2. The minimum absolute atomic E-state index is 0.00954. The van der Waals surface area contributed by atoms with Crippen molar-refractivity contribution >= 4 is 11.6 Å². The topological polar surface area (TPSA) is 51.0 Å². The molecule has 0 bridgehead atoms. The number of nitrogens with zero attached hydrogens (tertiary/aromatic N) is 2. The number of aryl methyl sites for hydroxylation is 1. The van der Waals surface area contributed by atoms with Crippen LogP contribution in [0.1, 0.15) is 32.2 Å². The molecule has 5 heteroatoms. The molecule has 0 fully saturated rings. The molecular weight excluding hydrogens is 262 g/mol. The van der Waals surface area contributed by atoms with Gasteiger partial charge in [0, 0.05) is 5.54 Å². The fourth-order valence-corrected chi connectivity index (χ4v) is 1.79. The quantitative estimate of drug-likeness (QED) is 0.933. The lowest BCUT2D eigenvalue weighted by Gasteiger charge is -2.18.